The lowest BCUT2D eigenvalue weighted by Gasteiger charge is -2.28. The molecule has 4 rings (SSSR count). The van der Waals surface area contributed by atoms with Crippen molar-refractivity contribution in [1.82, 2.24) is 19.4 Å². The van der Waals surface area contributed by atoms with E-state index in [0.717, 1.165) is 23.3 Å². The molecule has 0 radical (unpaired) electrons. The summed E-state index contributed by atoms with van der Waals surface area (Å²) in [6.07, 6.45) is -2.86. The molecular formula is C21H22F5N5. The van der Waals surface area contributed by atoms with Gasteiger partial charge in [0.1, 0.15) is 11.6 Å². The number of halogens is 5. The molecule has 0 spiro atoms. The van der Waals surface area contributed by atoms with E-state index in [9.17, 15) is 22.0 Å². The first-order valence-corrected chi connectivity index (χ1v) is 10.0. The van der Waals surface area contributed by atoms with Gasteiger partial charge in [-0.15, -0.1) is 0 Å². The summed E-state index contributed by atoms with van der Waals surface area (Å²) in [4.78, 5) is 12.4. The van der Waals surface area contributed by atoms with Crippen molar-refractivity contribution >= 4 is 16.9 Å². The monoisotopic (exact) mass is 439 g/mol. The maximum Gasteiger partial charge on any atom is 0.417 e. The van der Waals surface area contributed by atoms with Gasteiger partial charge in [-0.3, -0.25) is 9.47 Å². The minimum Gasteiger partial charge on any atom is -0.355 e. The summed E-state index contributed by atoms with van der Waals surface area (Å²) in [6, 6.07) is 8.87. The number of anilines is 1. The first-order valence-electron chi connectivity index (χ1n) is 10.0. The van der Waals surface area contributed by atoms with Crippen LogP contribution in [0.15, 0.2) is 42.6 Å². The number of aromatic nitrogens is 3. The Morgan fingerprint density at radius 1 is 0.968 bits per heavy atom. The highest BCUT2D eigenvalue weighted by molar-refractivity contribution is 5.76. The van der Waals surface area contributed by atoms with Gasteiger partial charge in [0.05, 0.1) is 22.6 Å². The first-order chi connectivity index (χ1) is 14.8. The minimum atomic E-state index is -4.42. The highest BCUT2D eigenvalue weighted by Gasteiger charge is 2.31. The number of pyridine rings is 1. The Labute approximate surface area is 176 Å². The van der Waals surface area contributed by atoms with Crippen molar-refractivity contribution in [2.75, 3.05) is 31.1 Å². The van der Waals surface area contributed by atoms with Gasteiger partial charge < -0.3 is 4.90 Å². The van der Waals surface area contributed by atoms with E-state index in [2.05, 4.69) is 14.9 Å². The molecule has 1 aliphatic rings. The molecule has 0 amide bonds. The fourth-order valence-electron chi connectivity index (χ4n) is 4.02. The number of hydrogen-bond donors (Lipinski definition) is 0. The van der Waals surface area contributed by atoms with Crippen molar-refractivity contribution < 1.29 is 22.0 Å². The number of imidazole rings is 1. The van der Waals surface area contributed by atoms with Crippen LogP contribution in [0.3, 0.4) is 0 Å². The van der Waals surface area contributed by atoms with E-state index in [-0.39, 0.29) is 6.04 Å². The molecule has 1 unspecified atom stereocenters. The predicted octanol–water partition coefficient (Wildman–Crippen LogP) is 5.12. The molecular weight excluding hydrogens is 417 g/mol. The van der Waals surface area contributed by atoms with Gasteiger partial charge in [-0.05, 0) is 37.6 Å². The quantitative estimate of drug-likeness (QED) is 0.529. The number of alkyl halides is 5. The number of nitrogens with zero attached hydrogens (tertiary/aromatic N) is 5. The lowest BCUT2D eigenvalue weighted by atomic mass is 10.2. The topological polar surface area (TPSA) is 37.2 Å². The van der Waals surface area contributed by atoms with E-state index < -0.39 is 18.3 Å². The zero-order valence-electron chi connectivity index (χ0n) is 16.9. The van der Waals surface area contributed by atoms with Crippen LogP contribution in [-0.4, -0.2) is 45.6 Å². The standard InChI is InChI=1S/C21H22F5N5/c1-14(19-28-16-5-2-3-6-17(16)31(19)20(22)23)29-9-4-10-30(12-11-29)18-8-7-15(13-27-18)21(24,25)26/h2-3,5-8,13-14,20H,4,9-12H2,1H3. The molecule has 166 valence electrons. The van der Waals surface area contributed by atoms with Crippen LogP contribution < -0.4 is 4.90 Å². The van der Waals surface area contributed by atoms with Crippen molar-refractivity contribution in [3.05, 3.63) is 54.0 Å². The van der Waals surface area contributed by atoms with Crippen LogP contribution in [0.25, 0.3) is 11.0 Å². The molecule has 3 heterocycles. The lowest BCUT2D eigenvalue weighted by Crippen LogP contribution is -2.34. The molecule has 0 bridgehead atoms. The zero-order valence-corrected chi connectivity index (χ0v) is 16.9. The lowest BCUT2D eigenvalue weighted by molar-refractivity contribution is -0.137. The second-order valence-corrected chi connectivity index (χ2v) is 7.56. The van der Waals surface area contributed by atoms with Crippen molar-refractivity contribution in [3.63, 3.8) is 0 Å². The van der Waals surface area contributed by atoms with Gasteiger partial charge in [-0.25, -0.2) is 9.97 Å². The summed E-state index contributed by atoms with van der Waals surface area (Å²) in [5, 5.41) is 0. The summed E-state index contributed by atoms with van der Waals surface area (Å²) in [6.45, 7) is 1.50. The second-order valence-electron chi connectivity index (χ2n) is 7.56. The van der Waals surface area contributed by atoms with E-state index in [1.54, 1.807) is 24.3 Å². The molecule has 10 heteroatoms. The van der Waals surface area contributed by atoms with Crippen LogP contribution in [0.2, 0.25) is 0 Å². The molecule has 31 heavy (non-hydrogen) atoms. The molecule has 1 atom stereocenters. The molecule has 1 saturated heterocycles. The SMILES string of the molecule is CC(c1nc2ccccc2n1C(F)F)N1CCCN(c2ccc(C(F)(F)F)cn2)CC1. The van der Waals surface area contributed by atoms with Crippen LogP contribution in [0.4, 0.5) is 27.8 Å². The van der Waals surface area contributed by atoms with Gasteiger partial charge in [-0.1, -0.05) is 12.1 Å². The van der Waals surface area contributed by atoms with Gasteiger partial charge in [0.25, 0.3) is 0 Å². The summed E-state index contributed by atoms with van der Waals surface area (Å²) in [5.74, 6) is 0.777. The maximum absolute atomic E-state index is 13.8. The number of benzene rings is 1. The van der Waals surface area contributed by atoms with Crippen molar-refractivity contribution in [2.24, 2.45) is 0 Å². The highest BCUT2D eigenvalue weighted by Crippen LogP contribution is 2.31. The van der Waals surface area contributed by atoms with Crippen molar-refractivity contribution in [1.29, 1.82) is 0 Å². The molecule has 0 N–H and O–H groups in total. The summed E-state index contributed by atoms with van der Waals surface area (Å²) >= 11 is 0. The molecule has 2 aromatic heterocycles. The van der Waals surface area contributed by atoms with Crippen LogP contribution in [0.1, 0.15) is 37.3 Å². The third kappa shape index (κ3) is 4.34. The molecule has 1 aliphatic heterocycles. The normalized spacial score (nSPS) is 17.3. The molecule has 5 nitrogen and oxygen atoms in total. The van der Waals surface area contributed by atoms with E-state index in [4.69, 9.17) is 0 Å². The fraction of sp³-hybridized carbons (Fsp3) is 0.429. The molecule has 0 aliphatic carbocycles. The average molecular weight is 439 g/mol. The second kappa shape index (κ2) is 8.41. The van der Waals surface area contributed by atoms with Crippen LogP contribution in [0, 0.1) is 0 Å². The summed E-state index contributed by atoms with van der Waals surface area (Å²) < 4.78 is 66.9. The highest BCUT2D eigenvalue weighted by atomic mass is 19.4. The van der Waals surface area contributed by atoms with Crippen LogP contribution in [-0.2, 0) is 6.18 Å². The predicted molar refractivity (Wildman–Crippen MR) is 107 cm³/mol. The van der Waals surface area contributed by atoms with Crippen LogP contribution >= 0.6 is 0 Å². The molecule has 1 aromatic carbocycles. The van der Waals surface area contributed by atoms with Gasteiger partial charge in [0.15, 0.2) is 0 Å². The smallest absolute Gasteiger partial charge is 0.355 e. The molecule has 1 fully saturated rings. The Balaban J connectivity index is 1.51. The Morgan fingerprint density at radius 3 is 2.42 bits per heavy atom. The minimum absolute atomic E-state index is 0.303. The zero-order chi connectivity index (χ0) is 22.2. The first kappa shape index (κ1) is 21.5. The van der Waals surface area contributed by atoms with Gasteiger partial charge in [-0.2, -0.15) is 22.0 Å². The maximum atomic E-state index is 13.8. The van der Waals surface area contributed by atoms with Crippen LogP contribution in [0.5, 0.6) is 0 Å². The van der Waals surface area contributed by atoms with Gasteiger partial charge in [0, 0.05) is 32.4 Å². The number of hydrogen-bond acceptors (Lipinski definition) is 4. The number of para-hydroxylation sites is 2. The van der Waals surface area contributed by atoms with E-state index in [0.29, 0.717) is 48.9 Å². The Hall–Kier alpha value is -2.75. The van der Waals surface area contributed by atoms with Gasteiger partial charge >= 0.3 is 12.7 Å². The van der Waals surface area contributed by atoms with E-state index in [1.807, 2.05) is 11.8 Å². The average Bonchev–Trinajstić information content (AvgIpc) is 2.96. The number of fused-ring (bicyclic) bond motifs is 1. The third-order valence-corrected chi connectivity index (χ3v) is 5.67. The number of rotatable bonds is 4. The van der Waals surface area contributed by atoms with Crippen molar-refractivity contribution in [2.45, 2.75) is 32.1 Å². The Morgan fingerprint density at radius 2 is 1.74 bits per heavy atom. The fourth-order valence-corrected chi connectivity index (χ4v) is 4.02. The van der Waals surface area contributed by atoms with E-state index in [1.165, 1.54) is 6.07 Å². The summed E-state index contributed by atoms with van der Waals surface area (Å²) in [5.41, 5.74) is 0.132. The van der Waals surface area contributed by atoms with Crippen molar-refractivity contribution in [3.8, 4) is 0 Å². The third-order valence-electron chi connectivity index (χ3n) is 5.67. The molecule has 0 saturated carbocycles. The molecule has 3 aromatic rings. The van der Waals surface area contributed by atoms with E-state index >= 15 is 0 Å². The Kier molecular flexibility index (Phi) is 5.83. The van der Waals surface area contributed by atoms with Gasteiger partial charge in [0.2, 0.25) is 0 Å². The Bertz CT molecular complexity index is 1030. The largest absolute Gasteiger partial charge is 0.417 e. The summed E-state index contributed by atoms with van der Waals surface area (Å²) in [7, 11) is 0.